The van der Waals surface area contributed by atoms with Crippen LogP contribution in [0.15, 0.2) is 18.2 Å². The Hall–Kier alpha value is -1.42. The first-order chi connectivity index (χ1) is 8.33. The number of nitrogens with two attached hydrogens (primary N) is 1. The number of benzene rings is 1. The van der Waals surface area contributed by atoms with E-state index in [-0.39, 0.29) is 6.04 Å². The summed E-state index contributed by atoms with van der Waals surface area (Å²) in [5.74, 6) is 1.64. The highest BCUT2D eigenvalue weighted by Crippen LogP contribution is 2.34. The molecule has 1 heterocycles. The number of ether oxygens (including phenoxy) is 2. The van der Waals surface area contributed by atoms with Crippen LogP contribution in [-0.4, -0.2) is 18.9 Å². The maximum Gasteiger partial charge on any atom is 0.231 e. The van der Waals surface area contributed by atoms with Crippen LogP contribution in [0.25, 0.3) is 0 Å². The molecule has 0 aromatic heterocycles. The molecule has 1 fully saturated rings. The van der Waals surface area contributed by atoms with Gasteiger partial charge in [0.1, 0.15) is 0 Å². The van der Waals surface area contributed by atoms with Crippen LogP contribution in [0.3, 0.4) is 0 Å². The zero-order valence-electron chi connectivity index (χ0n) is 9.82. The fraction of sp³-hybridized carbons (Fsp3) is 0.538. The zero-order valence-corrected chi connectivity index (χ0v) is 9.82. The molecule has 2 atom stereocenters. The van der Waals surface area contributed by atoms with Gasteiger partial charge in [-0.25, -0.2) is 0 Å². The fourth-order valence-electron chi connectivity index (χ4n) is 2.54. The van der Waals surface area contributed by atoms with Crippen LogP contribution in [0, 0.1) is 0 Å². The molecule has 0 amide bonds. The SMILES string of the molecule is NC1CCCCC1Nc1ccc2c(c1)OCO2. The van der Waals surface area contributed by atoms with Gasteiger partial charge in [-0.3, -0.25) is 0 Å². The molecule has 2 aliphatic rings. The summed E-state index contributed by atoms with van der Waals surface area (Å²) in [5, 5.41) is 3.50. The van der Waals surface area contributed by atoms with E-state index in [9.17, 15) is 0 Å². The number of hydrogen-bond donors (Lipinski definition) is 2. The lowest BCUT2D eigenvalue weighted by molar-refractivity contribution is 0.174. The van der Waals surface area contributed by atoms with Crippen LogP contribution >= 0.6 is 0 Å². The molecule has 0 radical (unpaired) electrons. The molecule has 0 spiro atoms. The quantitative estimate of drug-likeness (QED) is 0.822. The van der Waals surface area contributed by atoms with E-state index in [1.54, 1.807) is 0 Å². The third-order valence-corrected chi connectivity index (χ3v) is 3.54. The fourth-order valence-corrected chi connectivity index (χ4v) is 2.54. The maximum atomic E-state index is 6.12. The van der Waals surface area contributed by atoms with Crippen LogP contribution < -0.4 is 20.5 Å². The van der Waals surface area contributed by atoms with Crippen molar-refractivity contribution >= 4 is 5.69 Å². The van der Waals surface area contributed by atoms with Crippen molar-refractivity contribution < 1.29 is 9.47 Å². The molecule has 1 aliphatic carbocycles. The summed E-state index contributed by atoms with van der Waals surface area (Å²) in [6, 6.07) is 6.59. The molecule has 0 saturated heterocycles. The maximum absolute atomic E-state index is 6.12. The van der Waals surface area contributed by atoms with Crippen LogP contribution in [0.5, 0.6) is 11.5 Å². The largest absolute Gasteiger partial charge is 0.454 e. The Balaban J connectivity index is 1.72. The Bertz CT molecular complexity index is 408. The molecule has 0 bridgehead atoms. The summed E-state index contributed by atoms with van der Waals surface area (Å²) in [4.78, 5) is 0. The third kappa shape index (κ3) is 2.17. The van der Waals surface area contributed by atoms with Gasteiger partial charge in [-0.1, -0.05) is 12.8 Å². The lowest BCUT2D eigenvalue weighted by Gasteiger charge is -2.30. The van der Waals surface area contributed by atoms with Crippen molar-refractivity contribution in [2.24, 2.45) is 5.73 Å². The van der Waals surface area contributed by atoms with Crippen LogP contribution in [0.1, 0.15) is 25.7 Å². The molecule has 1 aliphatic heterocycles. The highest BCUT2D eigenvalue weighted by atomic mass is 16.7. The Kier molecular flexibility index (Phi) is 2.81. The summed E-state index contributed by atoms with van der Waals surface area (Å²) in [5.41, 5.74) is 7.19. The highest BCUT2D eigenvalue weighted by Gasteiger charge is 2.22. The Morgan fingerprint density at radius 3 is 2.82 bits per heavy atom. The second-order valence-electron chi connectivity index (χ2n) is 4.77. The van der Waals surface area contributed by atoms with E-state index in [4.69, 9.17) is 15.2 Å². The van der Waals surface area contributed by atoms with Gasteiger partial charge in [0, 0.05) is 23.8 Å². The average Bonchev–Trinajstić information content (AvgIpc) is 2.79. The van der Waals surface area contributed by atoms with Gasteiger partial charge >= 0.3 is 0 Å². The summed E-state index contributed by atoms with van der Waals surface area (Å²) < 4.78 is 10.7. The Morgan fingerprint density at radius 2 is 1.94 bits per heavy atom. The van der Waals surface area contributed by atoms with Crippen LogP contribution in [-0.2, 0) is 0 Å². The number of rotatable bonds is 2. The van der Waals surface area contributed by atoms with Crippen molar-refractivity contribution in [3.8, 4) is 11.5 Å². The van der Waals surface area contributed by atoms with Gasteiger partial charge in [0.2, 0.25) is 6.79 Å². The van der Waals surface area contributed by atoms with E-state index in [0.29, 0.717) is 12.8 Å². The van der Waals surface area contributed by atoms with E-state index in [2.05, 4.69) is 5.32 Å². The Morgan fingerprint density at radius 1 is 1.12 bits per heavy atom. The minimum absolute atomic E-state index is 0.258. The van der Waals surface area contributed by atoms with Crippen LogP contribution in [0.2, 0.25) is 0 Å². The lowest BCUT2D eigenvalue weighted by Crippen LogP contribution is -2.42. The molecule has 1 aromatic carbocycles. The van der Waals surface area contributed by atoms with Gasteiger partial charge < -0.3 is 20.5 Å². The molecule has 3 rings (SSSR count). The van der Waals surface area contributed by atoms with E-state index in [0.717, 1.165) is 30.0 Å². The second-order valence-corrected chi connectivity index (χ2v) is 4.77. The minimum Gasteiger partial charge on any atom is -0.454 e. The zero-order chi connectivity index (χ0) is 11.7. The average molecular weight is 234 g/mol. The molecule has 92 valence electrons. The molecular weight excluding hydrogens is 216 g/mol. The number of fused-ring (bicyclic) bond motifs is 1. The number of hydrogen-bond acceptors (Lipinski definition) is 4. The first-order valence-corrected chi connectivity index (χ1v) is 6.25. The first-order valence-electron chi connectivity index (χ1n) is 6.25. The van der Waals surface area contributed by atoms with Crippen molar-refractivity contribution in [3.63, 3.8) is 0 Å². The van der Waals surface area contributed by atoms with Crippen molar-refractivity contribution in [1.82, 2.24) is 0 Å². The Labute approximate surface area is 101 Å². The molecule has 2 unspecified atom stereocenters. The summed E-state index contributed by atoms with van der Waals surface area (Å²) in [7, 11) is 0. The van der Waals surface area contributed by atoms with E-state index >= 15 is 0 Å². The van der Waals surface area contributed by atoms with Crippen molar-refractivity contribution in [2.45, 2.75) is 37.8 Å². The van der Waals surface area contributed by atoms with Gasteiger partial charge in [-0.15, -0.1) is 0 Å². The monoisotopic (exact) mass is 234 g/mol. The molecule has 4 nitrogen and oxygen atoms in total. The smallest absolute Gasteiger partial charge is 0.231 e. The summed E-state index contributed by atoms with van der Waals surface area (Å²) in [6.45, 7) is 0.321. The van der Waals surface area contributed by atoms with Crippen LogP contribution in [0.4, 0.5) is 5.69 Å². The van der Waals surface area contributed by atoms with Crippen molar-refractivity contribution in [1.29, 1.82) is 0 Å². The summed E-state index contributed by atoms with van der Waals surface area (Å²) >= 11 is 0. The molecule has 1 aromatic rings. The molecule has 4 heteroatoms. The minimum atomic E-state index is 0.258. The van der Waals surface area contributed by atoms with Gasteiger partial charge in [-0.05, 0) is 25.0 Å². The molecule has 1 saturated carbocycles. The van der Waals surface area contributed by atoms with Crippen molar-refractivity contribution in [3.05, 3.63) is 18.2 Å². The molecule has 3 N–H and O–H groups in total. The predicted molar refractivity (Wildman–Crippen MR) is 66.4 cm³/mol. The second kappa shape index (κ2) is 4.45. The highest BCUT2D eigenvalue weighted by molar-refractivity contribution is 5.56. The van der Waals surface area contributed by atoms with E-state index in [1.165, 1.54) is 12.8 Å². The lowest BCUT2D eigenvalue weighted by atomic mass is 9.91. The standard InChI is InChI=1S/C13H18N2O2/c14-10-3-1-2-4-11(10)15-9-5-6-12-13(7-9)17-8-16-12/h5-7,10-11,15H,1-4,8,14H2. The topological polar surface area (TPSA) is 56.5 Å². The van der Waals surface area contributed by atoms with Gasteiger partial charge in [-0.2, -0.15) is 0 Å². The third-order valence-electron chi connectivity index (χ3n) is 3.54. The van der Waals surface area contributed by atoms with E-state index in [1.807, 2.05) is 18.2 Å². The van der Waals surface area contributed by atoms with Gasteiger partial charge in [0.15, 0.2) is 11.5 Å². The molecule has 17 heavy (non-hydrogen) atoms. The van der Waals surface area contributed by atoms with Gasteiger partial charge in [0.25, 0.3) is 0 Å². The summed E-state index contributed by atoms with van der Waals surface area (Å²) in [6.07, 6.45) is 4.77. The first kappa shape index (κ1) is 10.7. The molecular formula is C13H18N2O2. The number of anilines is 1. The van der Waals surface area contributed by atoms with E-state index < -0.39 is 0 Å². The predicted octanol–water partition coefficient (Wildman–Crippen LogP) is 2.10. The normalized spacial score (nSPS) is 26.9. The number of nitrogens with one attached hydrogen (secondary N) is 1. The van der Waals surface area contributed by atoms with Crippen molar-refractivity contribution in [2.75, 3.05) is 12.1 Å². The van der Waals surface area contributed by atoms with Gasteiger partial charge in [0.05, 0.1) is 0 Å².